The van der Waals surface area contributed by atoms with Crippen molar-refractivity contribution in [2.45, 2.75) is 51.7 Å². The standard InChI is InChI=1S/C31H37N3O4/c1-31(2,3)38-30(37)34(17-15-23-11-8-10-22-9-4-5-12-26(22)23)18-16-32-25(20-29(35)36)19-24-21-33-28-14-7-6-13-27(24)28/h4-14,21,25,32-33H,15-20H2,1-3H3,(H,35,36)/t25-/m1/s1. The number of H-pyrrole nitrogens is 1. The quantitative estimate of drug-likeness (QED) is 0.236. The van der Waals surface area contributed by atoms with Gasteiger partial charge in [-0.3, -0.25) is 4.79 Å². The first-order valence-electron chi connectivity index (χ1n) is 13.1. The Balaban J connectivity index is 1.43. The smallest absolute Gasteiger partial charge is 0.410 e. The fourth-order valence-corrected chi connectivity index (χ4v) is 4.78. The van der Waals surface area contributed by atoms with Crippen molar-refractivity contribution < 1.29 is 19.4 Å². The number of benzene rings is 3. The van der Waals surface area contributed by atoms with Gasteiger partial charge in [0.2, 0.25) is 0 Å². The second kappa shape index (κ2) is 12.1. The van der Waals surface area contributed by atoms with Gasteiger partial charge in [-0.05, 0) is 61.6 Å². The van der Waals surface area contributed by atoms with E-state index < -0.39 is 11.6 Å². The maximum atomic E-state index is 13.1. The van der Waals surface area contributed by atoms with E-state index in [2.05, 4.69) is 34.6 Å². The molecule has 4 aromatic rings. The first-order valence-corrected chi connectivity index (χ1v) is 13.1. The Morgan fingerprint density at radius 2 is 1.66 bits per heavy atom. The van der Waals surface area contributed by atoms with Crippen LogP contribution in [-0.4, -0.2) is 58.3 Å². The number of amides is 1. The molecular weight excluding hydrogens is 478 g/mol. The molecule has 200 valence electrons. The van der Waals surface area contributed by atoms with Gasteiger partial charge in [0.1, 0.15) is 5.60 Å². The molecular formula is C31H37N3O4. The van der Waals surface area contributed by atoms with Gasteiger partial charge in [-0.25, -0.2) is 4.79 Å². The maximum absolute atomic E-state index is 13.1. The van der Waals surface area contributed by atoms with Crippen LogP contribution in [0.25, 0.3) is 21.7 Å². The van der Waals surface area contributed by atoms with E-state index in [4.69, 9.17) is 4.74 Å². The third kappa shape index (κ3) is 7.35. The fourth-order valence-electron chi connectivity index (χ4n) is 4.78. The summed E-state index contributed by atoms with van der Waals surface area (Å²) in [7, 11) is 0. The van der Waals surface area contributed by atoms with Crippen LogP contribution in [0.4, 0.5) is 4.79 Å². The molecule has 0 bridgehead atoms. The maximum Gasteiger partial charge on any atom is 0.410 e. The first-order chi connectivity index (χ1) is 18.2. The summed E-state index contributed by atoms with van der Waals surface area (Å²) in [6.07, 6.45) is 2.82. The van der Waals surface area contributed by atoms with Crippen LogP contribution in [0.5, 0.6) is 0 Å². The summed E-state index contributed by atoms with van der Waals surface area (Å²) in [6.45, 7) is 6.93. The number of carbonyl (C=O) groups is 2. The summed E-state index contributed by atoms with van der Waals surface area (Å²) in [5, 5.41) is 16.3. The molecule has 1 heterocycles. The van der Waals surface area contributed by atoms with E-state index in [1.807, 2.05) is 69.4 Å². The molecule has 4 rings (SSSR count). The highest BCUT2D eigenvalue weighted by molar-refractivity contribution is 5.86. The summed E-state index contributed by atoms with van der Waals surface area (Å²) in [5.41, 5.74) is 2.66. The number of aromatic amines is 1. The van der Waals surface area contributed by atoms with E-state index in [1.54, 1.807) is 4.90 Å². The number of para-hydroxylation sites is 1. The lowest BCUT2D eigenvalue weighted by molar-refractivity contribution is -0.137. The highest BCUT2D eigenvalue weighted by atomic mass is 16.6. The van der Waals surface area contributed by atoms with Crippen molar-refractivity contribution >= 4 is 33.7 Å². The number of carbonyl (C=O) groups excluding carboxylic acids is 1. The molecule has 38 heavy (non-hydrogen) atoms. The molecule has 0 fully saturated rings. The Kier molecular flexibility index (Phi) is 8.69. The van der Waals surface area contributed by atoms with E-state index in [0.717, 1.165) is 16.5 Å². The summed E-state index contributed by atoms with van der Waals surface area (Å²) in [6, 6.07) is 22.2. The lowest BCUT2D eigenvalue weighted by Crippen LogP contribution is -2.44. The van der Waals surface area contributed by atoms with Crippen molar-refractivity contribution in [3.8, 4) is 0 Å². The van der Waals surface area contributed by atoms with Gasteiger partial charge >= 0.3 is 12.1 Å². The topological polar surface area (TPSA) is 94.7 Å². The Morgan fingerprint density at radius 1 is 0.947 bits per heavy atom. The molecule has 7 heteroatoms. The molecule has 0 aliphatic heterocycles. The Morgan fingerprint density at radius 3 is 2.42 bits per heavy atom. The minimum atomic E-state index is -0.859. The molecule has 0 radical (unpaired) electrons. The van der Waals surface area contributed by atoms with Crippen LogP contribution in [0, 0.1) is 0 Å². The molecule has 0 unspecified atom stereocenters. The second-order valence-electron chi connectivity index (χ2n) is 10.7. The lowest BCUT2D eigenvalue weighted by Gasteiger charge is -2.28. The zero-order chi connectivity index (χ0) is 27.1. The molecule has 1 amide bonds. The van der Waals surface area contributed by atoms with Gasteiger partial charge in [-0.2, -0.15) is 0 Å². The van der Waals surface area contributed by atoms with E-state index in [9.17, 15) is 14.7 Å². The van der Waals surface area contributed by atoms with Crippen LogP contribution in [0.15, 0.2) is 72.9 Å². The van der Waals surface area contributed by atoms with Crippen LogP contribution in [0.1, 0.15) is 38.3 Å². The predicted molar refractivity (Wildman–Crippen MR) is 152 cm³/mol. The van der Waals surface area contributed by atoms with Crippen LogP contribution in [0.2, 0.25) is 0 Å². The average Bonchev–Trinajstić information content (AvgIpc) is 3.27. The Hall–Kier alpha value is -3.84. The number of aliphatic carboxylic acids is 1. The number of fused-ring (bicyclic) bond motifs is 2. The van der Waals surface area contributed by atoms with Crippen molar-refractivity contribution in [1.29, 1.82) is 0 Å². The summed E-state index contributed by atoms with van der Waals surface area (Å²) in [4.78, 5) is 29.6. The van der Waals surface area contributed by atoms with Gasteiger partial charge in [0.05, 0.1) is 6.42 Å². The zero-order valence-electron chi connectivity index (χ0n) is 22.4. The molecule has 3 aromatic carbocycles. The Bertz CT molecular complexity index is 1380. The van der Waals surface area contributed by atoms with E-state index in [0.29, 0.717) is 32.5 Å². The summed E-state index contributed by atoms with van der Waals surface area (Å²) in [5.74, 6) is -0.859. The molecule has 3 N–H and O–H groups in total. The normalized spacial score (nSPS) is 12.5. The van der Waals surface area contributed by atoms with Gasteiger partial charge < -0.3 is 25.0 Å². The number of carboxylic acid groups (broad SMARTS) is 1. The van der Waals surface area contributed by atoms with Crippen molar-refractivity contribution in [1.82, 2.24) is 15.2 Å². The number of nitrogens with one attached hydrogen (secondary N) is 2. The molecule has 7 nitrogen and oxygen atoms in total. The average molecular weight is 516 g/mol. The minimum absolute atomic E-state index is 0.0120. The van der Waals surface area contributed by atoms with Crippen LogP contribution in [-0.2, 0) is 22.4 Å². The fraction of sp³-hybridized carbons (Fsp3) is 0.355. The van der Waals surface area contributed by atoms with E-state index in [1.165, 1.54) is 16.3 Å². The summed E-state index contributed by atoms with van der Waals surface area (Å²) >= 11 is 0. The zero-order valence-corrected chi connectivity index (χ0v) is 22.4. The number of rotatable bonds is 11. The van der Waals surface area contributed by atoms with Gasteiger partial charge in [-0.1, -0.05) is 60.7 Å². The molecule has 0 saturated carbocycles. The van der Waals surface area contributed by atoms with Crippen LogP contribution >= 0.6 is 0 Å². The molecule has 0 saturated heterocycles. The summed E-state index contributed by atoms with van der Waals surface area (Å²) < 4.78 is 5.69. The van der Waals surface area contributed by atoms with Gasteiger partial charge in [0.25, 0.3) is 0 Å². The monoisotopic (exact) mass is 515 g/mol. The molecule has 0 spiro atoms. The number of hydrogen-bond acceptors (Lipinski definition) is 4. The molecule has 0 aliphatic carbocycles. The SMILES string of the molecule is CC(C)(C)OC(=O)N(CCN[C@@H](CC(=O)O)Cc1c[nH]c2ccccc12)CCc1cccc2ccccc12. The number of hydrogen-bond donors (Lipinski definition) is 3. The van der Waals surface area contributed by atoms with Crippen LogP contribution < -0.4 is 5.32 Å². The number of ether oxygens (including phenoxy) is 1. The largest absolute Gasteiger partial charge is 0.481 e. The third-order valence-electron chi connectivity index (χ3n) is 6.56. The third-order valence-corrected chi connectivity index (χ3v) is 6.56. The molecule has 0 aliphatic rings. The van der Waals surface area contributed by atoms with E-state index in [-0.39, 0.29) is 18.6 Å². The second-order valence-corrected chi connectivity index (χ2v) is 10.7. The molecule has 1 aromatic heterocycles. The van der Waals surface area contributed by atoms with Crippen LogP contribution in [0.3, 0.4) is 0 Å². The van der Waals surface area contributed by atoms with Crippen molar-refractivity contribution in [3.05, 3.63) is 84.1 Å². The van der Waals surface area contributed by atoms with Crippen molar-refractivity contribution in [2.75, 3.05) is 19.6 Å². The van der Waals surface area contributed by atoms with Gasteiger partial charge in [0.15, 0.2) is 0 Å². The van der Waals surface area contributed by atoms with Crippen molar-refractivity contribution in [3.63, 3.8) is 0 Å². The van der Waals surface area contributed by atoms with Gasteiger partial charge in [-0.15, -0.1) is 0 Å². The molecule has 1 atom stereocenters. The Labute approximate surface area is 223 Å². The number of aromatic nitrogens is 1. The number of nitrogens with zero attached hydrogens (tertiary/aromatic N) is 1. The van der Waals surface area contributed by atoms with Gasteiger partial charge in [0, 0.05) is 42.8 Å². The number of carboxylic acids is 1. The highest BCUT2D eigenvalue weighted by Gasteiger charge is 2.23. The lowest BCUT2D eigenvalue weighted by atomic mass is 10.0. The van der Waals surface area contributed by atoms with E-state index >= 15 is 0 Å². The predicted octanol–water partition coefficient (Wildman–Crippen LogP) is 5.78. The first kappa shape index (κ1) is 27.2. The van der Waals surface area contributed by atoms with Crippen molar-refractivity contribution in [2.24, 2.45) is 0 Å². The highest BCUT2D eigenvalue weighted by Crippen LogP contribution is 2.21. The minimum Gasteiger partial charge on any atom is -0.481 e.